The first-order valence-electron chi connectivity index (χ1n) is 10.9. The number of aromatic nitrogens is 1. The molecule has 1 atom stereocenters. The highest BCUT2D eigenvalue weighted by Gasteiger charge is 2.13. The minimum atomic E-state index is -0.322. The van der Waals surface area contributed by atoms with Gasteiger partial charge in [0.2, 0.25) is 11.8 Å². The van der Waals surface area contributed by atoms with E-state index in [2.05, 4.69) is 52.2 Å². The Morgan fingerprint density at radius 1 is 1.21 bits per heavy atom. The smallest absolute Gasteiger partial charge is 0.248 e. The van der Waals surface area contributed by atoms with E-state index in [0.717, 1.165) is 27.5 Å². The van der Waals surface area contributed by atoms with Gasteiger partial charge in [-0.1, -0.05) is 47.4 Å². The molecule has 174 valence electrons. The molecule has 4 aromatic rings. The summed E-state index contributed by atoms with van der Waals surface area (Å²) in [5.41, 5.74) is 4.71. The molecule has 1 amide bonds. The quantitative estimate of drug-likeness (QED) is 0.241. The number of rotatable bonds is 7. The molecule has 0 saturated heterocycles. The van der Waals surface area contributed by atoms with E-state index in [1.54, 1.807) is 25.3 Å². The van der Waals surface area contributed by atoms with Crippen LogP contribution in [-0.2, 0) is 4.79 Å². The van der Waals surface area contributed by atoms with Crippen LogP contribution in [0, 0.1) is 0 Å². The first-order valence-corrected chi connectivity index (χ1v) is 12.1. The summed E-state index contributed by atoms with van der Waals surface area (Å²) in [4.78, 5) is 17.3. The van der Waals surface area contributed by atoms with Gasteiger partial charge in [0.05, 0.1) is 17.8 Å². The molecule has 0 fully saturated rings. The number of oxazole rings is 1. The van der Waals surface area contributed by atoms with Gasteiger partial charge < -0.3 is 14.5 Å². The number of fused-ring (bicyclic) bond motifs is 1. The van der Waals surface area contributed by atoms with Gasteiger partial charge in [-0.05, 0) is 72.5 Å². The SMILES string of the molecule is CC[C@@H](C)c1ccc2oc(-c3ccc(Cl)c(NC(=O)/C=C/c4cc(Br)ccc4OC)c3)nc2c1. The van der Waals surface area contributed by atoms with E-state index < -0.39 is 0 Å². The first kappa shape index (κ1) is 24.0. The van der Waals surface area contributed by atoms with Crippen molar-refractivity contribution in [1.29, 1.82) is 0 Å². The number of carbonyl (C=O) groups is 1. The third-order valence-corrected chi connectivity index (χ3v) is 6.49. The predicted octanol–water partition coefficient (Wildman–Crippen LogP) is 8.08. The van der Waals surface area contributed by atoms with Crippen molar-refractivity contribution >= 4 is 56.3 Å². The van der Waals surface area contributed by atoms with Crippen molar-refractivity contribution in [2.45, 2.75) is 26.2 Å². The summed E-state index contributed by atoms with van der Waals surface area (Å²) in [6, 6.07) is 17.0. The van der Waals surface area contributed by atoms with Gasteiger partial charge in [-0.15, -0.1) is 0 Å². The zero-order valence-corrected chi connectivity index (χ0v) is 21.4. The van der Waals surface area contributed by atoms with Crippen LogP contribution in [0.3, 0.4) is 0 Å². The fraction of sp³-hybridized carbons (Fsp3) is 0.185. The largest absolute Gasteiger partial charge is 0.496 e. The Morgan fingerprint density at radius 2 is 2.03 bits per heavy atom. The average Bonchev–Trinajstić information content (AvgIpc) is 3.27. The molecule has 0 aliphatic carbocycles. The summed E-state index contributed by atoms with van der Waals surface area (Å²) in [6.45, 7) is 4.36. The molecule has 0 saturated carbocycles. The van der Waals surface area contributed by atoms with Crippen LogP contribution < -0.4 is 10.1 Å². The molecule has 5 nitrogen and oxygen atoms in total. The highest BCUT2D eigenvalue weighted by molar-refractivity contribution is 9.10. The summed E-state index contributed by atoms with van der Waals surface area (Å²) >= 11 is 9.78. The van der Waals surface area contributed by atoms with Crippen LogP contribution in [0.4, 0.5) is 5.69 Å². The van der Waals surface area contributed by atoms with Crippen molar-refractivity contribution in [1.82, 2.24) is 4.98 Å². The van der Waals surface area contributed by atoms with Crippen molar-refractivity contribution in [3.8, 4) is 17.2 Å². The maximum Gasteiger partial charge on any atom is 0.248 e. The number of halogens is 2. The van der Waals surface area contributed by atoms with Crippen LogP contribution in [-0.4, -0.2) is 18.0 Å². The minimum Gasteiger partial charge on any atom is -0.496 e. The highest BCUT2D eigenvalue weighted by atomic mass is 79.9. The van der Waals surface area contributed by atoms with E-state index in [0.29, 0.717) is 33.9 Å². The Balaban J connectivity index is 1.57. The Hall–Kier alpha value is -3.09. The van der Waals surface area contributed by atoms with Crippen LogP contribution in [0.2, 0.25) is 5.02 Å². The number of nitrogens with one attached hydrogen (secondary N) is 1. The van der Waals surface area contributed by atoms with Gasteiger partial charge in [-0.3, -0.25) is 4.79 Å². The molecule has 1 N–H and O–H groups in total. The van der Waals surface area contributed by atoms with Crippen LogP contribution in [0.1, 0.15) is 37.3 Å². The van der Waals surface area contributed by atoms with Gasteiger partial charge in [0.25, 0.3) is 0 Å². The van der Waals surface area contributed by atoms with Gasteiger partial charge >= 0.3 is 0 Å². The molecule has 34 heavy (non-hydrogen) atoms. The Labute approximate surface area is 211 Å². The first-order chi connectivity index (χ1) is 16.4. The molecular weight excluding hydrogens is 516 g/mol. The fourth-order valence-corrected chi connectivity index (χ4v) is 4.08. The van der Waals surface area contributed by atoms with E-state index in [-0.39, 0.29) is 5.91 Å². The molecule has 0 unspecified atom stereocenters. The topological polar surface area (TPSA) is 64.4 Å². The summed E-state index contributed by atoms with van der Waals surface area (Å²) in [6.07, 6.45) is 4.18. The molecule has 3 aromatic carbocycles. The summed E-state index contributed by atoms with van der Waals surface area (Å²) in [5.74, 6) is 1.27. The van der Waals surface area contributed by atoms with E-state index in [9.17, 15) is 4.79 Å². The molecule has 0 bridgehead atoms. The lowest BCUT2D eigenvalue weighted by atomic mass is 9.98. The second-order valence-electron chi connectivity index (χ2n) is 7.96. The molecular formula is C27H24BrClN2O3. The van der Waals surface area contributed by atoms with Crippen molar-refractivity contribution in [3.63, 3.8) is 0 Å². The second kappa shape index (κ2) is 10.5. The predicted molar refractivity (Wildman–Crippen MR) is 142 cm³/mol. The molecule has 0 aliphatic heterocycles. The van der Waals surface area contributed by atoms with Gasteiger partial charge in [-0.25, -0.2) is 4.98 Å². The number of hydrogen-bond acceptors (Lipinski definition) is 4. The number of carbonyl (C=O) groups excluding carboxylic acids is 1. The van der Waals surface area contributed by atoms with Gasteiger partial charge in [0, 0.05) is 21.7 Å². The molecule has 4 rings (SSSR count). The van der Waals surface area contributed by atoms with Crippen molar-refractivity contribution in [2.75, 3.05) is 12.4 Å². The molecule has 1 aromatic heterocycles. The Morgan fingerprint density at radius 3 is 2.79 bits per heavy atom. The molecule has 0 aliphatic rings. The lowest BCUT2D eigenvalue weighted by Gasteiger charge is -2.07. The van der Waals surface area contributed by atoms with Crippen molar-refractivity contribution < 1.29 is 13.9 Å². The normalized spacial score (nSPS) is 12.3. The van der Waals surface area contributed by atoms with E-state index in [1.807, 2.05) is 30.3 Å². The van der Waals surface area contributed by atoms with Gasteiger partial charge in [0.1, 0.15) is 11.3 Å². The lowest BCUT2D eigenvalue weighted by molar-refractivity contribution is -0.111. The number of amides is 1. The maximum absolute atomic E-state index is 12.6. The third kappa shape index (κ3) is 5.34. The molecule has 7 heteroatoms. The standard InChI is InChI=1S/C27H24BrClN2O3/c1-4-16(2)17-6-10-25-23(14-17)31-27(34-25)19-5-9-21(29)22(15-19)30-26(32)12-7-18-13-20(28)8-11-24(18)33-3/h5-16H,4H2,1-3H3,(H,30,32)/b12-7+/t16-/m1/s1. The summed E-state index contributed by atoms with van der Waals surface area (Å²) < 4.78 is 12.2. The number of hydrogen-bond donors (Lipinski definition) is 1. The Bertz CT molecular complexity index is 1380. The average molecular weight is 540 g/mol. The minimum absolute atomic E-state index is 0.322. The number of ether oxygens (including phenoxy) is 1. The number of methoxy groups -OCH3 is 1. The van der Waals surface area contributed by atoms with E-state index >= 15 is 0 Å². The monoisotopic (exact) mass is 538 g/mol. The van der Waals surface area contributed by atoms with Crippen LogP contribution in [0.25, 0.3) is 28.6 Å². The van der Waals surface area contributed by atoms with Gasteiger partial charge in [0.15, 0.2) is 5.58 Å². The number of nitrogens with zero attached hydrogens (tertiary/aromatic N) is 1. The number of anilines is 1. The molecule has 1 heterocycles. The lowest BCUT2D eigenvalue weighted by Crippen LogP contribution is -2.08. The van der Waals surface area contributed by atoms with Crippen molar-refractivity contribution in [2.24, 2.45) is 0 Å². The van der Waals surface area contributed by atoms with Crippen LogP contribution in [0.5, 0.6) is 5.75 Å². The van der Waals surface area contributed by atoms with Gasteiger partial charge in [-0.2, -0.15) is 0 Å². The van der Waals surface area contributed by atoms with E-state index in [4.69, 9.17) is 20.8 Å². The van der Waals surface area contributed by atoms with Crippen LogP contribution in [0.15, 0.2) is 69.6 Å². The maximum atomic E-state index is 12.6. The second-order valence-corrected chi connectivity index (χ2v) is 9.28. The highest BCUT2D eigenvalue weighted by Crippen LogP contribution is 2.32. The van der Waals surface area contributed by atoms with Crippen molar-refractivity contribution in [3.05, 3.63) is 81.3 Å². The zero-order valence-electron chi connectivity index (χ0n) is 19.1. The molecule has 0 radical (unpaired) electrons. The molecule has 0 spiro atoms. The van der Waals surface area contributed by atoms with Crippen LogP contribution >= 0.6 is 27.5 Å². The fourth-order valence-electron chi connectivity index (χ4n) is 3.54. The zero-order chi connectivity index (χ0) is 24.2. The summed E-state index contributed by atoms with van der Waals surface area (Å²) in [7, 11) is 1.59. The summed E-state index contributed by atoms with van der Waals surface area (Å²) in [5, 5.41) is 3.25. The Kier molecular flexibility index (Phi) is 7.39. The van der Waals surface area contributed by atoms with E-state index in [1.165, 1.54) is 11.6 Å². The third-order valence-electron chi connectivity index (χ3n) is 5.67. The number of benzene rings is 3.